The van der Waals surface area contributed by atoms with E-state index >= 15 is 0 Å². The number of benzene rings is 1. The topological polar surface area (TPSA) is 38.3 Å². The van der Waals surface area contributed by atoms with Crippen LogP contribution in [0.3, 0.4) is 0 Å². The quantitative estimate of drug-likeness (QED) is 0.535. The summed E-state index contributed by atoms with van der Waals surface area (Å²) in [4.78, 5) is 12.1. The predicted molar refractivity (Wildman–Crippen MR) is 96.2 cm³/mol. The molecule has 0 bridgehead atoms. The lowest BCUT2D eigenvalue weighted by atomic mass is 10.1. The van der Waals surface area contributed by atoms with E-state index < -0.39 is 0 Å². The maximum absolute atomic E-state index is 12.1. The highest BCUT2D eigenvalue weighted by Crippen LogP contribution is 2.37. The first-order valence-corrected chi connectivity index (χ1v) is 9.05. The van der Waals surface area contributed by atoms with Crippen molar-refractivity contribution in [2.45, 2.75) is 45.1 Å². The zero-order valence-corrected chi connectivity index (χ0v) is 14.4. The zero-order chi connectivity index (χ0) is 16.8. The molecule has 24 heavy (non-hydrogen) atoms. The molecule has 1 aromatic rings. The molecular weight excluding hydrogens is 298 g/mol. The standard InChI is InChI=1S/C21H27NO2/c1-16(18-6-3-2-4-7-18)22-21(23)9-5-8-20(19-12-13-19)15-24-14-17-10-11-17/h2-8,15-17,19H,9-14H2,1H3,(H,22,23)/b8-5-,20-15-. The van der Waals surface area contributed by atoms with Gasteiger partial charge in [0.25, 0.3) is 0 Å². The molecule has 128 valence electrons. The van der Waals surface area contributed by atoms with Crippen molar-refractivity contribution in [3.8, 4) is 0 Å². The summed E-state index contributed by atoms with van der Waals surface area (Å²) in [5, 5.41) is 3.04. The van der Waals surface area contributed by atoms with E-state index in [0.29, 0.717) is 12.3 Å². The minimum atomic E-state index is 0.0346. The van der Waals surface area contributed by atoms with Gasteiger partial charge in [-0.25, -0.2) is 0 Å². The molecule has 0 spiro atoms. The molecular formula is C21H27NO2. The molecule has 0 heterocycles. The normalized spacial score (nSPS) is 19.3. The summed E-state index contributed by atoms with van der Waals surface area (Å²) in [6.07, 6.45) is 11.4. The average molecular weight is 325 g/mol. The third-order valence-electron chi connectivity index (χ3n) is 4.59. The van der Waals surface area contributed by atoms with E-state index in [-0.39, 0.29) is 11.9 Å². The Kier molecular flexibility index (Phi) is 5.73. The van der Waals surface area contributed by atoms with E-state index in [0.717, 1.165) is 18.1 Å². The summed E-state index contributed by atoms with van der Waals surface area (Å²) >= 11 is 0. The van der Waals surface area contributed by atoms with Gasteiger partial charge in [0.05, 0.1) is 18.9 Å². The summed E-state index contributed by atoms with van der Waals surface area (Å²) in [6, 6.07) is 10.1. The lowest BCUT2D eigenvalue weighted by Gasteiger charge is -2.13. The Morgan fingerprint density at radius 1 is 1.25 bits per heavy atom. The van der Waals surface area contributed by atoms with Crippen LogP contribution in [0.25, 0.3) is 0 Å². The van der Waals surface area contributed by atoms with Crippen molar-refractivity contribution in [1.29, 1.82) is 0 Å². The average Bonchev–Trinajstić information content (AvgIpc) is 3.47. The van der Waals surface area contributed by atoms with Crippen LogP contribution in [-0.4, -0.2) is 12.5 Å². The summed E-state index contributed by atoms with van der Waals surface area (Å²) in [5.74, 6) is 1.46. The van der Waals surface area contributed by atoms with Crippen LogP contribution < -0.4 is 5.32 Å². The van der Waals surface area contributed by atoms with E-state index in [1.54, 1.807) is 0 Å². The van der Waals surface area contributed by atoms with Gasteiger partial charge in [0.1, 0.15) is 0 Å². The molecule has 0 aromatic heterocycles. The van der Waals surface area contributed by atoms with Crippen LogP contribution in [0.15, 0.2) is 54.3 Å². The van der Waals surface area contributed by atoms with Gasteiger partial charge in [-0.15, -0.1) is 0 Å². The lowest BCUT2D eigenvalue weighted by molar-refractivity contribution is -0.120. The summed E-state index contributed by atoms with van der Waals surface area (Å²) < 4.78 is 5.69. The summed E-state index contributed by atoms with van der Waals surface area (Å²) in [7, 11) is 0. The van der Waals surface area contributed by atoms with E-state index in [1.165, 1.54) is 31.3 Å². The van der Waals surface area contributed by atoms with Crippen LogP contribution in [0.5, 0.6) is 0 Å². The Bertz CT molecular complexity index is 598. The highest BCUT2D eigenvalue weighted by molar-refractivity contribution is 5.78. The van der Waals surface area contributed by atoms with Crippen molar-refractivity contribution in [2.75, 3.05) is 6.61 Å². The highest BCUT2D eigenvalue weighted by Gasteiger charge is 2.25. The highest BCUT2D eigenvalue weighted by atomic mass is 16.5. The van der Waals surface area contributed by atoms with Crippen LogP contribution >= 0.6 is 0 Å². The Balaban J connectivity index is 1.44. The monoisotopic (exact) mass is 325 g/mol. The van der Waals surface area contributed by atoms with Gasteiger partial charge in [-0.1, -0.05) is 42.5 Å². The van der Waals surface area contributed by atoms with Gasteiger partial charge in [-0.05, 0) is 55.6 Å². The maximum atomic E-state index is 12.1. The van der Waals surface area contributed by atoms with Gasteiger partial charge in [0.2, 0.25) is 5.91 Å². The number of allylic oxidation sites excluding steroid dienone is 2. The minimum absolute atomic E-state index is 0.0346. The lowest BCUT2D eigenvalue weighted by Crippen LogP contribution is -2.25. The fourth-order valence-corrected chi connectivity index (χ4v) is 2.68. The number of ether oxygens (including phenoxy) is 1. The number of rotatable bonds is 9. The molecule has 1 aromatic carbocycles. The number of amides is 1. The van der Waals surface area contributed by atoms with Crippen LogP contribution in [0.4, 0.5) is 0 Å². The number of carbonyl (C=O) groups excluding carboxylic acids is 1. The molecule has 0 saturated heterocycles. The fourth-order valence-electron chi connectivity index (χ4n) is 2.68. The van der Waals surface area contributed by atoms with Crippen molar-refractivity contribution < 1.29 is 9.53 Å². The van der Waals surface area contributed by atoms with Crippen LogP contribution in [0.2, 0.25) is 0 Å². The molecule has 1 atom stereocenters. The third kappa shape index (κ3) is 5.55. The molecule has 3 rings (SSSR count). The second-order valence-electron chi connectivity index (χ2n) is 6.98. The summed E-state index contributed by atoms with van der Waals surface area (Å²) in [5.41, 5.74) is 2.36. The first-order chi connectivity index (χ1) is 11.7. The molecule has 1 amide bonds. The number of hydrogen-bond donors (Lipinski definition) is 1. The number of carbonyl (C=O) groups is 1. The molecule has 3 heteroatoms. The molecule has 3 nitrogen and oxygen atoms in total. The van der Waals surface area contributed by atoms with Crippen LogP contribution in [0.1, 0.15) is 50.6 Å². The Hall–Kier alpha value is -2.03. The molecule has 2 aliphatic rings. The maximum Gasteiger partial charge on any atom is 0.224 e. The van der Waals surface area contributed by atoms with Crippen molar-refractivity contribution in [3.63, 3.8) is 0 Å². The Morgan fingerprint density at radius 2 is 2.00 bits per heavy atom. The fraction of sp³-hybridized carbons (Fsp3) is 0.476. The molecule has 0 aliphatic heterocycles. The SMILES string of the molecule is CC(NC(=O)C/C=C\C(=C\OCC1CC1)C1CC1)c1ccccc1. The van der Waals surface area contributed by atoms with Gasteiger partial charge in [0.15, 0.2) is 0 Å². The van der Waals surface area contributed by atoms with Gasteiger partial charge in [-0.3, -0.25) is 4.79 Å². The van der Waals surface area contributed by atoms with Crippen molar-refractivity contribution in [2.24, 2.45) is 11.8 Å². The number of hydrogen-bond acceptors (Lipinski definition) is 2. The third-order valence-corrected chi connectivity index (χ3v) is 4.59. The minimum Gasteiger partial charge on any atom is -0.501 e. The van der Waals surface area contributed by atoms with Crippen molar-refractivity contribution in [1.82, 2.24) is 5.32 Å². The molecule has 1 unspecified atom stereocenters. The molecule has 2 fully saturated rings. The van der Waals surface area contributed by atoms with Gasteiger partial charge >= 0.3 is 0 Å². The number of nitrogens with one attached hydrogen (secondary N) is 1. The van der Waals surface area contributed by atoms with Gasteiger partial charge in [0, 0.05) is 6.42 Å². The van der Waals surface area contributed by atoms with Gasteiger partial charge < -0.3 is 10.1 Å². The molecule has 1 N–H and O–H groups in total. The second-order valence-corrected chi connectivity index (χ2v) is 6.98. The molecule has 0 radical (unpaired) electrons. The first-order valence-electron chi connectivity index (χ1n) is 9.05. The largest absolute Gasteiger partial charge is 0.501 e. The molecule has 2 aliphatic carbocycles. The smallest absolute Gasteiger partial charge is 0.224 e. The van der Waals surface area contributed by atoms with Crippen LogP contribution in [0, 0.1) is 11.8 Å². The van der Waals surface area contributed by atoms with Crippen molar-refractivity contribution in [3.05, 3.63) is 59.9 Å². The first kappa shape index (κ1) is 16.8. The van der Waals surface area contributed by atoms with E-state index in [4.69, 9.17) is 4.74 Å². The zero-order valence-electron chi connectivity index (χ0n) is 14.4. The van der Waals surface area contributed by atoms with Gasteiger partial charge in [-0.2, -0.15) is 0 Å². The molecule has 2 saturated carbocycles. The van der Waals surface area contributed by atoms with E-state index in [1.807, 2.05) is 49.6 Å². The van der Waals surface area contributed by atoms with Crippen LogP contribution in [-0.2, 0) is 9.53 Å². The van der Waals surface area contributed by atoms with E-state index in [2.05, 4.69) is 11.4 Å². The Morgan fingerprint density at radius 3 is 2.67 bits per heavy atom. The van der Waals surface area contributed by atoms with Crippen molar-refractivity contribution >= 4 is 5.91 Å². The second kappa shape index (κ2) is 8.18. The Labute approximate surface area is 144 Å². The predicted octanol–water partition coefficient (Wildman–Crippen LogP) is 4.53. The summed E-state index contributed by atoms with van der Waals surface area (Å²) in [6.45, 7) is 2.86. The van der Waals surface area contributed by atoms with E-state index in [9.17, 15) is 4.79 Å².